The van der Waals surface area contributed by atoms with Crippen LogP contribution in [0, 0.1) is 5.92 Å². The third kappa shape index (κ3) is 4.32. The number of hydrogen-bond acceptors (Lipinski definition) is 5. The van der Waals surface area contributed by atoms with Crippen LogP contribution in [0.4, 0.5) is 0 Å². The zero-order valence-corrected chi connectivity index (χ0v) is 18.1. The van der Waals surface area contributed by atoms with Gasteiger partial charge in [0.15, 0.2) is 5.58 Å². The first kappa shape index (κ1) is 21.2. The maximum Gasteiger partial charge on any atom is 0.233 e. The molecule has 0 aliphatic carbocycles. The first-order valence-electron chi connectivity index (χ1n) is 11.2. The number of carbonyl (C=O) groups is 2. The van der Waals surface area contributed by atoms with Crippen molar-refractivity contribution in [3.8, 4) is 0 Å². The molecule has 1 aromatic heterocycles. The number of carbonyl (C=O) groups excluding carboxylic acids is 2. The van der Waals surface area contributed by atoms with Crippen LogP contribution in [-0.2, 0) is 16.0 Å². The third-order valence-electron chi connectivity index (χ3n) is 6.30. The smallest absolute Gasteiger partial charge is 0.233 e. The van der Waals surface area contributed by atoms with E-state index < -0.39 is 5.92 Å². The molecule has 0 unspecified atom stereocenters. The van der Waals surface area contributed by atoms with Crippen molar-refractivity contribution in [1.29, 1.82) is 0 Å². The Hall–Kier alpha value is -3.71. The van der Waals surface area contributed by atoms with Crippen LogP contribution in [0.1, 0.15) is 30.3 Å². The summed E-state index contributed by atoms with van der Waals surface area (Å²) in [5, 5.41) is 12.5. The van der Waals surface area contributed by atoms with Crippen LogP contribution in [0.25, 0.3) is 21.9 Å². The van der Waals surface area contributed by atoms with Crippen molar-refractivity contribution >= 4 is 34.2 Å². The molecule has 2 atom stereocenters. The molecule has 0 saturated carbocycles. The Morgan fingerprint density at radius 2 is 1.88 bits per heavy atom. The van der Waals surface area contributed by atoms with Gasteiger partial charge < -0.3 is 9.32 Å². The van der Waals surface area contributed by atoms with Crippen molar-refractivity contribution in [2.75, 3.05) is 13.1 Å². The van der Waals surface area contributed by atoms with E-state index in [-0.39, 0.29) is 18.5 Å². The summed E-state index contributed by atoms with van der Waals surface area (Å²) in [6, 6.07) is 21.4. The second kappa shape index (κ2) is 9.03. The first-order valence-corrected chi connectivity index (χ1v) is 11.2. The number of benzene rings is 3. The molecule has 2 amide bonds. The van der Waals surface area contributed by atoms with Crippen molar-refractivity contribution in [2.45, 2.75) is 25.3 Å². The van der Waals surface area contributed by atoms with E-state index >= 15 is 0 Å². The zero-order chi connectivity index (χ0) is 22.8. The monoisotopic (exact) mass is 443 g/mol. The van der Waals surface area contributed by atoms with E-state index in [0.29, 0.717) is 35.9 Å². The number of rotatable bonds is 7. The molecule has 0 radical (unpaired) electrons. The molecule has 4 aromatic rings. The van der Waals surface area contributed by atoms with E-state index in [1.165, 1.54) is 0 Å². The van der Waals surface area contributed by atoms with Gasteiger partial charge in [-0.3, -0.25) is 14.8 Å². The highest BCUT2D eigenvalue weighted by Gasteiger charge is 2.37. The Morgan fingerprint density at radius 1 is 1.15 bits per heavy atom. The summed E-state index contributed by atoms with van der Waals surface area (Å²) in [6.07, 6.45) is 2.35. The third-order valence-corrected chi connectivity index (χ3v) is 6.30. The molecule has 1 saturated heterocycles. The molecule has 0 spiro atoms. The molecule has 1 N–H and O–H groups in total. The predicted octanol–water partition coefficient (Wildman–Crippen LogP) is 4.35. The number of hydrogen-bond donors (Lipinski definition) is 1. The topological polar surface area (TPSA) is 86.9 Å². The normalized spacial score (nSPS) is 16.9. The summed E-state index contributed by atoms with van der Waals surface area (Å²) in [6.45, 7) is 0.515. The average Bonchev–Trinajstić information content (AvgIpc) is 3.49. The molecule has 1 aliphatic heterocycles. The molecule has 7 heteroatoms. The number of nitrogens with zero attached hydrogens (tertiary/aromatic N) is 3. The maximum absolute atomic E-state index is 13.6. The highest BCUT2D eigenvalue weighted by atomic mass is 16.5. The lowest BCUT2D eigenvalue weighted by molar-refractivity contribution is -0.157. The largest absolute Gasteiger partial charge is 0.438 e. The number of hydroxylamine groups is 2. The summed E-state index contributed by atoms with van der Waals surface area (Å²) in [4.78, 5) is 31.2. The SMILES string of the molecule is O=CN(O)C[C@@H](Cc1ccccc1)C(=O)N1CCC[C@H]1c1nc2cc3ccccc3cc2o1. The highest BCUT2D eigenvalue weighted by molar-refractivity contribution is 5.94. The summed E-state index contributed by atoms with van der Waals surface area (Å²) < 4.78 is 6.12. The lowest BCUT2D eigenvalue weighted by Crippen LogP contribution is -2.41. The summed E-state index contributed by atoms with van der Waals surface area (Å²) in [5.41, 5.74) is 2.44. The highest BCUT2D eigenvalue weighted by Crippen LogP contribution is 2.35. The van der Waals surface area contributed by atoms with Crippen LogP contribution in [0.3, 0.4) is 0 Å². The van der Waals surface area contributed by atoms with Crippen LogP contribution in [-0.4, -0.2) is 45.6 Å². The second-order valence-corrected chi connectivity index (χ2v) is 8.52. The fraction of sp³-hybridized carbons (Fsp3) is 0.269. The van der Waals surface area contributed by atoms with Gasteiger partial charge in [0.05, 0.1) is 12.5 Å². The van der Waals surface area contributed by atoms with Gasteiger partial charge in [0.2, 0.25) is 18.2 Å². The van der Waals surface area contributed by atoms with Gasteiger partial charge in [-0.2, -0.15) is 0 Å². The summed E-state index contributed by atoms with van der Waals surface area (Å²) >= 11 is 0. The first-order chi connectivity index (χ1) is 16.1. The van der Waals surface area contributed by atoms with Crippen LogP contribution >= 0.6 is 0 Å². The molecule has 7 nitrogen and oxygen atoms in total. The summed E-state index contributed by atoms with van der Waals surface area (Å²) in [7, 11) is 0. The van der Waals surface area contributed by atoms with Gasteiger partial charge in [-0.15, -0.1) is 0 Å². The van der Waals surface area contributed by atoms with E-state index in [4.69, 9.17) is 9.40 Å². The van der Waals surface area contributed by atoms with E-state index in [1.54, 1.807) is 4.90 Å². The van der Waals surface area contributed by atoms with E-state index in [9.17, 15) is 14.8 Å². The van der Waals surface area contributed by atoms with Crippen LogP contribution < -0.4 is 0 Å². The molecule has 0 bridgehead atoms. The molecule has 3 aromatic carbocycles. The molecule has 33 heavy (non-hydrogen) atoms. The Kier molecular flexibility index (Phi) is 5.79. The van der Waals surface area contributed by atoms with Crippen molar-refractivity contribution in [1.82, 2.24) is 14.9 Å². The molecule has 1 aliphatic rings. The predicted molar refractivity (Wildman–Crippen MR) is 123 cm³/mol. The van der Waals surface area contributed by atoms with Gasteiger partial charge in [-0.05, 0) is 47.7 Å². The Balaban J connectivity index is 1.43. The maximum atomic E-state index is 13.6. The van der Waals surface area contributed by atoms with Crippen molar-refractivity contribution in [2.24, 2.45) is 5.92 Å². The Labute approximate surface area is 191 Å². The van der Waals surface area contributed by atoms with Gasteiger partial charge in [0.1, 0.15) is 11.6 Å². The molecular weight excluding hydrogens is 418 g/mol. The molecule has 168 valence electrons. The summed E-state index contributed by atoms with van der Waals surface area (Å²) in [5.74, 6) is -0.161. The minimum atomic E-state index is -0.574. The Bertz CT molecular complexity index is 1230. The van der Waals surface area contributed by atoms with Gasteiger partial charge in [-0.1, -0.05) is 54.6 Å². The Morgan fingerprint density at radius 3 is 2.64 bits per heavy atom. The minimum Gasteiger partial charge on any atom is -0.438 e. The minimum absolute atomic E-state index is 0.0700. The number of oxazole rings is 1. The zero-order valence-electron chi connectivity index (χ0n) is 18.1. The van der Waals surface area contributed by atoms with Gasteiger partial charge in [0, 0.05) is 6.54 Å². The fourth-order valence-corrected chi connectivity index (χ4v) is 4.69. The lowest BCUT2D eigenvalue weighted by atomic mass is 9.97. The van der Waals surface area contributed by atoms with E-state index in [1.807, 2.05) is 66.7 Å². The average molecular weight is 444 g/mol. The van der Waals surface area contributed by atoms with Crippen molar-refractivity contribution < 1.29 is 19.2 Å². The van der Waals surface area contributed by atoms with Crippen LogP contribution in [0.5, 0.6) is 0 Å². The number of likely N-dealkylation sites (tertiary alicyclic amines) is 1. The number of fused-ring (bicyclic) bond motifs is 2. The van der Waals surface area contributed by atoms with Crippen molar-refractivity contribution in [3.05, 3.63) is 78.2 Å². The van der Waals surface area contributed by atoms with Gasteiger partial charge in [0.25, 0.3) is 0 Å². The van der Waals surface area contributed by atoms with Crippen molar-refractivity contribution in [3.63, 3.8) is 0 Å². The van der Waals surface area contributed by atoms with Gasteiger partial charge >= 0.3 is 0 Å². The van der Waals surface area contributed by atoms with Crippen LogP contribution in [0.15, 0.2) is 71.1 Å². The number of amides is 2. The molecule has 1 fully saturated rings. The van der Waals surface area contributed by atoms with Crippen LogP contribution in [0.2, 0.25) is 0 Å². The fourth-order valence-electron chi connectivity index (χ4n) is 4.69. The van der Waals surface area contributed by atoms with E-state index in [2.05, 4.69) is 0 Å². The molecule has 2 heterocycles. The standard InChI is InChI=1S/C26H25N3O4/c30-17-28(32)16-21(13-18-7-2-1-3-8-18)26(31)29-12-6-11-23(29)25-27-22-14-19-9-4-5-10-20(19)15-24(22)33-25/h1-5,7-10,14-15,17,21,23,32H,6,11-13,16H2/t21-,23+/m1/s1. The quantitative estimate of drug-likeness (QED) is 0.261. The van der Waals surface area contributed by atoms with E-state index in [0.717, 1.165) is 34.7 Å². The lowest BCUT2D eigenvalue weighted by Gasteiger charge is -2.28. The second-order valence-electron chi connectivity index (χ2n) is 8.52. The van der Waals surface area contributed by atoms with Gasteiger partial charge in [-0.25, -0.2) is 10.0 Å². The number of aromatic nitrogens is 1. The molecule has 5 rings (SSSR count). The molecular formula is C26H25N3O4.